The lowest BCUT2D eigenvalue weighted by molar-refractivity contribution is 0.262. The normalized spacial score (nSPS) is 10.2. The van der Waals surface area contributed by atoms with Gasteiger partial charge in [-0.2, -0.15) is 0 Å². The van der Waals surface area contributed by atoms with Gasteiger partial charge in [-0.3, -0.25) is 0 Å². The predicted octanol–water partition coefficient (Wildman–Crippen LogP) is 4.46. The molecule has 138 valence electrons. The van der Waals surface area contributed by atoms with Crippen molar-refractivity contribution in [3.05, 3.63) is 59.6 Å². The molecule has 2 amide bonds. The monoisotopic (exact) mass is 384 g/mol. The summed E-state index contributed by atoms with van der Waals surface area (Å²) >= 11 is 5.97. The standard InChI is InChI=1S/C19H17ClN4O3/c1-26-17-9-5-13(20)11-16(17)22-19(25)21-14-6-3-12(4-7-14)15-8-10-18(27-2)24-23-15/h3-11H,1-2H3,(H2,21,22,25). The number of carbonyl (C=O) groups is 1. The van der Waals surface area contributed by atoms with Gasteiger partial charge in [0.25, 0.3) is 0 Å². The maximum absolute atomic E-state index is 12.2. The van der Waals surface area contributed by atoms with Crippen molar-refractivity contribution in [1.29, 1.82) is 0 Å². The van der Waals surface area contributed by atoms with Gasteiger partial charge in [0, 0.05) is 22.3 Å². The van der Waals surface area contributed by atoms with E-state index in [9.17, 15) is 4.79 Å². The summed E-state index contributed by atoms with van der Waals surface area (Å²) in [4.78, 5) is 12.2. The SMILES string of the molecule is COc1ccc(-c2ccc(NC(=O)Nc3cc(Cl)ccc3OC)cc2)nn1. The molecule has 0 aliphatic heterocycles. The fourth-order valence-corrected chi connectivity index (χ4v) is 2.54. The number of rotatable bonds is 5. The number of ether oxygens (including phenoxy) is 2. The van der Waals surface area contributed by atoms with E-state index in [1.807, 2.05) is 18.2 Å². The highest BCUT2D eigenvalue weighted by atomic mass is 35.5. The van der Waals surface area contributed by atoms with Crippen LogP contribution < -0.4 is 20.1 Å². The van der Waals surface area contributed by atoms with E-state index >= 15 is 0 Å². The van der Waals surface area contributed by atoms with Gasteiger partial charge in [-0.25, -0.2) is 4.79 Å². The fraction of sp³-hybridized carbons (Fsp3) is 0.105. The van der Waals surface area contributed by atoms with E-state index in [4.69, 9.17) is 21.1 Å². The number of halogens is 1. The largest absolute Gasteiger partial charge is 0.495 e. The summed E-state index contributed by atoms with van der Waals surface area (Å²) in [6, 6.07) is 15.3. The smallest absolute Gasteiger partial charge is 0.323 e. The number of aromatic nitrogens is 2. The van der Waals surface area contributed by atoms with Crippen molar-refractivity contribution in [3.63, 3.8) is 0 Å². The zero-order valence-corrected chi connectivity index (χ0v) is 15.4. The van der Waals surface area contributed by atoms with Crippen molar-refractivity contribution in [2.75, 3.05) is 24.9 Å². The van der Waals surface area contributed by atoms with Crippen molar-refractivity contribution in [1.82, 2.24) is 10.2 Å². The number of methoxy groups -OCH3 is 2. The Bertz CT molecular complexity index is 931. The number of anilines is 2. The molecule has 1 aromatic heterocycles. The summed E-state index contributed by atoms with van der Waals surface area (Å²) in [5.74, 6) is 0.966. The summed E-state index contributed by atoms with van der Waals surface area (Å²) in [6.07, 6.45) is 0. The molecule has 1 heterocycles. The third kappa shape index (κ3) is 4.65. The summed E-state index contributed by atoms with van der Waals surface area (Å²) in [7, 11) is 3.06. The number of hydrogen-bond acceptors (Lipinski definition) is 5. The highest BCUT2D eigenvalue weighted by Crippen LogP contribution is 2.28. The summed E-state index contributed by atoms with van der Waals surface area (Å²) in [6.45, 7) is 0. The van der Waals surface area contributed by atoms with Gasteiger partial charge in [0.2, 0.25) is 5.88 Å². The number of benzene rings is 2. The van der Waals surface area contributed by atoms with Crippen LogP contribution in [0.5, 0.6) is 11.6 Å². The van der Waals surface area contributed by atoms with Gasteiger partial charge in [0.05, 0.1) is 25.6 Å². The quantitative estimate of drug-likeness (QED) is 0.678. The van der Waals surface area contributed by atoms with Crippen LogP contribution in [0.2, 0.25) is 5.02 Å². The lowest BCUT2D eigenvalue weighted by atomic mass is 10.1. The number of urea groups is 1. The fourth-order valence-electron chi connectivity index (χ4n) is 2.37. The molecule has 7 nitrogen and oxygen atoms in total. The lowest BCUT2D eigenvalue weighted by Gasteiger charge is -2.12. The van der Waals surface area contributed by atoms with Crippen LogP contribution in [0.25, 0.3) is 11.3 Å². The second-order valence-electron chi connectivity index (χ2n) is 5.46. The molecular weight excluding hydrogens is 368 g/mol. The topological polar surface area (TPSA) is 85.4 Å². The molecular formula is C19H17ClN4O3. The lowest BCUT2D eigenvalue weighted by Crippen LogP contribution is -2.19. The van der Waals surface area contributed by atoms with Crippen LogP contribution in [-0.4, -0.2) is 30.4 Å². The molecule has 0 saturated heterocycles. The van der Waals surface area contributed by atoms with Gasteiger partial charge in [-0.1, -0.05) is 23.7 Å². The number of carbonyl (C=O) groups excluding carboxylic acids is 1. The number of nitrogens with zero attached hydrogens (tertiary/aromatic N) is 2. The molecule has 27 heavy (non-hydrogen) atoms. The van der Waals surface area contributed by atoms with Crippen LogP contribution in [0.1, 0.15) is 0 Å². The molecule has 0 saturated carbocycles. The van der Waals surface area contributed by atoms with Gasteiger partial charge in [0.1, 0.15) is 5.75 Å². The van der Waals surface area contributed by atoms with Crippen LogP contribution in [-0.2, 0) is 0 Å². The molecule has 2 N–H and O–H groups in total. The second-order valence-corrected chi connectivity index (χ2v) is 5.90. The van der Waals surface area contributed by atoms with E-state index in [0.717, 1.165) is 5.56 Å². The van der Waals surface area contributed by atoms with Gasteiger partial charge < -0.3 is 20.1 Å². The Morgan fingerprint density at radius 2 is 1.70 bits per heavy atom. The van der Waals surface area contributed by atoms with E-state index in [1.54, 1.807) is 36.4 Å². The molecule has 8 heteroatoms. The van der Waals surface area contributed by atoms with Crippen molar-refractivity contribution in [2.45, 2.75) is 0 Å². The van der Waals surface area contributed by atoms with Crippen LogP contribution in [0.3, 0.4) is 0 Å². The second kappa shape index (κ2) is 8.37. The van der Waals surface area contributed by atoms with E-state index in [1.165, 1.54) is 14.2 Å². The van der Waals surface area contributed by atoms with Crippen LogP contribution in [0, 0.1) is 0 Å². The molecule has 3 aromatic rings. The molecule has 0 unspecified atom stereocenters. The van der Waals surface area contributed by atoms with Gasteiger partial charge in [-0.05, 0) is 36.4 Å². The van der Waals surface area contributed by atoms with Crippen LogP contribution in [0.15, 0.2) is 54.6 Å². The Labute approximate surface area is 161 Å². The molecule has 3 rings (SSSR count). The minimum atomic E-state index is -0.410. The molecule has 0 aliphatic carbocycles. The molecule has 0 spiro atoms. The van der Waals surface area contributed by atoms with Gasteiger partial charge in [-0.15, -0.1) is 10.2 Å². The summed E-state index contributed by atoms with van der Waals surface area (Å²) in [5.41, 5.74) is 2.68. The first kappa shape index (κ1) is 18.5. The first-order valence-corrected chi connectivity index (χ1v) is 8.36. The Morgan fingerprint density at radius 1 is 0.926 bits per heavy atom. The van der Waals surface area contributed by atoms with Gasteiger partial charge >= 0.3 is 6.03 Å². The molecule has 0 radical (unpaired) electrons. The number of amides is 2. The Kier molecular flexibility index (Phi) is 5.73. The molecule has 0 fully saturated rings. The molecule has 0 bridgehead atoms. The minimum absolute atomic E-state index is 0.410. The Hall–Kier alpha value is -3.32. The van der Waals surface area contributed by atoms with E-state index in [2.05, 4.69) is 20.8 Å². The van der Waals surface area contributed by atoms with Crippen molar-refractivity contribution in [3.8, 4) is 22.9 Å². The summed E-state index contributed by atoms with van der Waals surface area (Å²) < 4.78 is 10.2. The van der Waals surface area contributed by atoms with Crippen LogP contribution >= 0.6 is 11.6 Å². The predicted molar refractivity (Wildman–Crippen MR) is 105 cm³/mol. The van der Waals surface area contributed by atoms with Crippen molar-refractivity contribution < 1.29 is 14.3 Å². The zero-order valence-electron chi connectivity index (χ0n) is 14.7. The third-order valence-corrected chi connectivity index (χ3v) is 3.93. The van der Waals surface area contributed by atoms with Crippen molar-refractivity contribution in [2.24, 2.45) is 0 Å². The number of hydrogen-bond donors (Lipinski definition) is 2. The zero-order chi connectivity index (χ0) is 19.2. The Balaban J connectivity index is 1.67. The van der Waals surface area contributed by atoms with E-state index in [0.29, 0.717) is 33.7 Å². The van der Waals surface area contributed by atoms with E-state index in [-0.39, 0.29) is 0 Å². The summed E-state index contributed by atoms with van der Waals surface area (Å²) in [5, 5.41) is 14.0. The highest BCUT2D eigenvalue weighted by molar-refractivity contribution is 6.31. The maximum Gasteiger partial charge on any atom is 0.323 e. The Morgan fingerprint density at radius 3 is 2.33 bits per heavy atom. The van der Waals surface area contributed by atoms with Gasteiger partial charge in [0.15, 0.2) is 0 Å². The first-order chi connectivity index (χ1) is 13.1. The van der Waals surface area contributed by atoms with Crippen LogP contribution in [0.4, 0.5) is 16.2 Å². The third-order valence-electron chi connectivity index (χ3n) is 3.70. The number of nitrogens with one attached hydrogen (secondary N) is 2. The average molecular weight is 385 g/mol. The highest BCUT2D eigenvalue weighted by Gasteiger charge is 2.09. The molecule has 2 aromatic carbocycles. The minimum Gasteiger partial charge on any atom is -0.495 e. The van der Waals surface area contributed by atoms with Crippen molar-refractivity contribution >= 4 is 29.0 Å². The maximum atomic E-state index is 12.2. The van der Waals surface area contributed by atoms with E-state index < -0.39 is 6.03 Å². The average Bonchev–Trinajstić information content (AvgIpc) is 2.69. The molecule has 0 atom stereocenters. The molecule has 0 aliphatic rings. The first-order valence-electron chi connectivity index (χ1n) is 7.99.